The minimum Gasteiger partial charge on any atom is -0.417 e. The molecule has 0 saturated carbocycles. The first kappa shape index (κ1) is 26.6. The number of urea groups is 1. The van der Waals surface area contributed by atoms with E-state index in [0.717, 1.165) is 19.3 Å². The van der Waals surface area contributed by atoms with Gasteiger partial charge in [0.05, 0.1) is 11.9 Å². The maximum Gasteiger partial charge on any atom is 0.437 e. The Kier molecular flexibility index (Phi) is 7.51. The van der Waals surface area contributed by atoms with Crippen molar-refractivity contribution < 1.29 is 27.2 Å². The molecule has 13 heteroatoms. The van der Waals surface area contributed by atoms with Crippen molar-refractivity contribution >= 4 is 29.5 Å². The number of carbonyl (C=O) groups excluding carboxylic acids is 2. The number of amides is 3. The third kappa shape index (κ3) is 6.63. The number of rotatable bonds is 4. The van der Waals surface area contributed by atoms with Gasteiger partial charge in [0, 0.05) is 44.8 Å². The van der Waals surface area contributed by atoms with Crippen molar-refractivity contribution in [2.45, 2.75) is 51.7 Å². The van der Waals surface area contributed by atoms with Gasteiger partial charge in [-0.25, -0.2) is 9.78 Å². The highest BCUT2D eigenvalue weighted by molar-refractivity contribution is 6.03. The molecule has 3 amide bonds. The number of hydrogen-bond acceptors (Lipinski definition) is 7. The second kappa shape index (κ2) is 10.5. The molecule has 2 aliphatic rings. The highest BCUT2D eigenvalue weighted by Gasteiger charge is 2.42. The van der Waals surface area contributed by atoms with Crippen LogP contribution in [-0.2, 0) is 6.18 Å². The van der Waals surface area contributed by atoms with E-state index in [1.165, 1.54) is 6.20 Å². The minimum absolute atomic E-state index is 0.118. The van der Waals surface area contributed by atoms with E-state index < -0.39 is 23.5 Å². The molecule has 0 aromatic carbocycles. The average molecular weight is 524 g/mol. The summed E-state index contributed by atoms with van der Waals surface area (Å²) >= 11 is 0. The molecule has 2 aliphatic heterocycles. The summed E-state index contributed by atoms with van der Waals surface area (Å²) in [6.07, 6.45) is -0.827. The summed E-state index contributed by atoms with van der Waals surface area (Å²) in [5.74, 6) is -1.28. The predicted octanol–water partition coefficient (Wildman–Crippen LogP) is 3.96. The van der Waals surface area contributed by atoms with Gasteiger partial charge in [-0.15, -0.1) is 0 Å². The first-order valence-electron chi connectivity index (χ1n) is 12.3. The molecule has 2 N–H and O–H groups in total. The SMILES string of the molecule is CC(C)(C)NC(=O)N1CCN(c2ccc(NC(=O)c3oc(N4CCCCC4)nc3C(F)(F)F)cn2)CC1. The van der Waals surface area contributed by atoms with Gasteiger partial charge in [-0.1, -0.05) is 0 Å². The quantitative estimate of drug-likeness (QED) is 0.625. The molecule has 37 heavy (non-hydrogen) atoms. The molecular formula is C24H32F3N7O3. The van der Waals surface area contributed by atoms with Gasteiger partial charge >= 0.3 is 12.2 Å². The molecule has 0 spiro atoms. The number of oxazole rings is 1. The maximum absolute atomic E-state index is 13.6. The standard InChI is InChI=1S/C24H32F3N7O3/c1-23(2,3)31-21(36)33-13-11-32(12-14-33)17-8-7-16(15-28-17)29-20(35)18-19(24(25,26)27)30-22(37-18)34-9-5-4-6-10-34/h7-8,15H,4-6,9-14H2,1-3H3,(H,29,35)(H,31,36). The number of pyridine rings is 1. The lowest BCUT2D eigenvalue weighted by molar-refractivity contribution is -0.141. The Labute approximate surface area is 213 Å². The van der Waals surface area contributed by atoms with Gasteiger partial charge < -0.3 is 29.8 Å². The van der Waals surface area contributed by atoms with Crippen molar-refractivity contribution in [1.82, 2.24) is 20.2 Å². The van der Waals surface area contributed by atoms with Crippen LogP contribution in [0, 0.1) is 0 Å². The molecule has 0 aliphatic carbocycles. The number of anilines is 3. The average Bonchev–Trinajstić information content (AvgIpc) is 3.31. The molecule has 4 heterocycles. The van der Waals surface area contributed by atoms with Crippen molar-refractivity contribution in [3.8, 4) is 0 Å². The van der Waals surface area contributed by atoms with Gasteiger partial charge in [-0.2, -0.15) is 18.2 Å². The van der Waals surface area contributed by atoms with Crippen LogP contribution in [0.5, 0.6) is 0 Å². The van der Waals surface area contributed by atoms with Crippen LogP contribution in [0.3, 0.4) is 0 Å². The van der Waals surface area contributed by atoms with Crippen LogP contribution in [0.15, 0.2) is 22.7 Å². The zero-order chi connectivity index (χ0) is 26.8. The largest absolute Gasteiger partial charge is 0.437 e. The summed E-state index contributed by atoms with van der Waals surface area (Å²) in [6.45, 7) is 9.01. The molecule has 2 saturated heterocycles. The highest BCUT2D eigenvalue weighted by atomic mass is 19.4. The van der Waals surface area contributed by atoms with Crippen molar-refractivity contribution in [1.29, 1.82) is 0 Å². The number of piperazine rings is 1. The summed E-state index contributed by atoms with van der Waals surface area (Å²) in [7, 11) is 0. The monoisotopic (exact) mass is 523 g/mol. The normalized spacial score (nSPS) is 17.1. The van der Waals surface area contributed by atoms with E-state index in [9.17, 15) is 22.8 Å². The van der Waals surface area contributed by atoms with Crippen molar-refractivity contribution in [3.63, 3.8) is 0 Å². The predicted molar refractivity (Wildman–Crippen MR) is 132 cm³/mol. The fourth-order valence-corrected chi connectivity index (χ4v) is 4.25. The molecule has 10 nitrogen and oxygen atoms in total. The van der Waals surface area contributed by atoms with Crippen LogP contribution in [0.1, 0.15) is 56.3 Å². The molecule has 2 aromatic rings. The fourth-order valence-electron chi connectivity index (χ4n) is 4.25. The molecule has 4 rings (SSSR count). The Bertz CT molecular complexity index is 1100. The van der Waals surface area contributed by atoms with E-state index in [0.29, 0.717) is 45.1 Å². The number of hydrogen-bond donors (Lipinski definition) is 2. The maximum atomic E-state index is 13.6. The second-order valence-corrected chi connectivity index (χ2v) is 10.2. The summed E-state index contributed by atoms with van der Waals surface area (Å²) in [5, 5.41) is 5.37. The smallest absolute Gasteiger partial charge is 0.417 e. The van der Waals surface area contributed by atoms with Crippen molar-refractivity contribution in [3.05, 3.63) is 29.8 Å². The van der Waals surface area contributed by atoms with Crippen LogP contribution in [0.4, 0.5) is 35.5 Å². The van der Waals surface area contributed by atoms with Crippen LogP contribution < -0.4 is 20.4 Å². The molecule has 0 radical (unpaired) electrons. The van der Waals surface area contributed by atoms with Crippen LogP contribution in [-0.4, -0.2) is 71.6 Å². The molecule has 2 fully saturated rings. The fraction of sp³-hybridized carbons (Fsp3) is 0.583. The van der Waals surface area contributed by atoms with E-state index >= 15 is 0 Å². The van der Waals surface area contributed by atoms with Crippen molar-refractivity contribution in [2.75, 3.05) is 54.4 Å². The first-order chi connectivity index (χ1) is 17.4. The Morgan fingerprint density at radius 2 is 1.62 bits per heavy atom. The van der Waals surface area contributed by atoms with E-state index in [-0.39, 0.29) is 23.3 Å². The van der Waals surface area contributed by atoms with Gasteiger partial charge in [-0.3, -0.25) is 4.79 Å². The van der Waals surface area contributed by atoms with E-state index in [1.807, 2.05) is 25.7 Å². The zero-order valence-corrected chi connectivity index (χ0v) is 21.2. The Hall–Kier alpha value is -3.51. The lowest BCUT2D eigenvalue weighted by atomic mass is 10.1. The number of nitrogens with zero attached hydrogens (tertiary/aromatic N) is 5. The first-order valence-corrected chi connectivity index (χ1v) is 12.3. The summed E-state index contributed by atoms with van der Waals surface area (Å²) in [5.41, 5.74) is -1.44. The van der Waals surface area contributed by atoms with Crippen molar-refractivity contribution in [2.24, 2.45) is 0 Å². The minimum atomic E-state index is -4.84. The molecule has 0 unspecified atom stereocenters. The van der Waals surface area contributed by atoms with Crippen LogP contribution in [0.2, 0.25) is 0 Å². The lowest BCUT2D eigenvalue weighted by Gasteiger charge is -2.36. The zero-order valence-electron chi connectivity index (χ0n) is 21.2. The van der Waals surface area contributed by atoms with E-state index in [1.54, 1.807) is 21.9 Å². The Balaban J connectivity index is 1.39. The van der Waals surface area contributed by atoms with E-state index in [2.05, 4.69) is 20.6 Å². The third-order valence-electron chi connectivity index (χ3n) is 6.10. The lowest BCUT2D eigenvalue weighted by Crippen LogP contribution is -2.55. The molecule has 202 valence electrons. The number of carbonyl (C=O) groups is 2. The number of halogens is 3. The van der Waals surface area contributed by atoms with Gasteiger partial charge in [0.1, 0.15) is 5.82 Å². The molecule has 2 aromatic heterocycles. The molecule has 0 bridgehead atoms. The van der Waals surface area contributed by atoms with Crippen LogP contribution in [0.25, 0.3) is 0 Å². The number of alkyl halides is 3. The number of nitrogens with one attached hydrogen (secondary N) is 2. The Morgan fingerprint density at radius 1 is 0.946 bits per heavy atom. The molecular weight excluding hydrogens is 491 g/mol. The summed E-state index contributed by atoms with van der Waals surface area (Å²) < 4.78 is 46.0. The number of aromatic nitrogens is 2. The van der Waals surface area contributed by atoms with Gasteiger partial charge in [0.2, 0.25) is 5.76 Å². The third-order valence-corrected chi connectivity index (χ3v) is 6.10. The highest BCUT2D eigenvalue weighted by Crippen LogP contribution is 2.35. The molecule has 0 atom stereocenters. The second-order valence-electron chi connectivity index (χ2n) is 10.2. The van der Waals surface area contributed by atoms with Gasteiger partial charge in [-0.05, 0) is 52.2 Å². The van der Waals surface area contributed by atoms with Gasteiger partial charge in [0.15, 0.2) is 5.69 Å². The summed E-state index contributed by atoms with van der Waals surface area (Å²) in [6, 6.07) is 2.92. The summed E-state index contributed by atoms with van der Waals surface area (Å²) in [4.78, 5) is 38.4. The number of piperidine rings is 1. The Morgan fingerprint density at radius 3 is 2.19 bits per heavy atom. The van der Waals surface area contributed by atoms with Crippen LogP contribution >= 0.6 is 0 Å². The van der Waals surface area contributed by atoms with Gasteiger partial charge in [0.25, 0.3) is 11.9 Å². The van der Waals surface area contributed by atoms with E-state index in [4.69, 9.17) is 4.42 Å². The topological polar surface area (TPSA) is 107 Å².